The summed E-state index contributed by atoms with van der Waals surface area (Å²) in [6.07, 6.45) is 10.5. The molecule has 0 aromatic rings. The molecule has 5 aliphatic rings. The normalized spacial score (nSPS) is 62.4. The summed E-state index contributed by atoms with van der Waals surface area (Å²) in [5.74, 6) is 4.35. The van der Waals surface area contributed by atoms with Crippen molar-refractivity contribution in [2.45, 2.75) is 78.2 Å². The van der Waals surface area contributed by atoms with Gasteiger partial charge >= 0.3 is 0 Å². The van der Waals surface area contributed by atoms with Crippen molar-refractivity contribution in [3.63, 3.8) is 0 Å². The monoisotopic (exact) mass is 332 g/mol. The van der Waals surface area contributed by atoms with Crippen molar-refractivity contribution >= 4 is 0 Å². The van der Waals surface area contributed by atoms with Crippen LogP contribution in [0.1, 0.15) is 72.1 Å². The quantitative estimate of drug-likeness (QED) is 0.794. The predicted molar refractivity (Wildman–Crippen MR) is 95.3 cm³/mol. The fourth-order valence-corrected chi connectivity index (χ4v) is 9.41. The van der Waals surface area contributed by atoms with E-state index in [0.29, 0.717) is 34.7 Å². The summed E-state index contributed by atoms with van der Waals surface area (Å²) >= 11 is 0. The van der Waals surface area contributed by atoms with Crippen LogP contribution >= 0.6 is 0 Å². The van der Waals surface area contributed by atoms with Crippen molar-refractivity contribution in [2.24, 2.45) is 51.8 Å². The Kier molecular flexibility index (Phi) is 3.22. The summed E-state index contributed by atoms with van der Waals surface area (Å²) in [6.45, 7) is 7.69. The van der Waals surface area contributed by atoms with E-state index in [1.807, 2.05) is 0 Å². The number of aliphatic hydroxyl groups excluding tert-OH is 2. The SMILES string of the molecule is CC(CO)C1CCC2C3CC(O)C45CC4CCC5(C)C3CCC12C. The lowest BCUT2D eigenvalue weighted by Gasteiger charge is -2.60. The molecule has 2 heteroatoms. The van der Waals surface area contributed by atoms with Crippen molar-refractivity contribution < 1.29 is 10.2 Å². The van der Waals surface area contributed by atoms with Crippen LogP contribution in [0.25, 0.3) is 0 Å². The van der Waals surface area contributed by atoms with E-state index in [1.54, 1.807) is 0 Å². The van der Waals surface area contributed by atoms with Crippen LogP contribution in [0.15, 0.2) is 0 Å². The Morgan fingerprint density at radius 1 is 1.04 bits per heavy atom. The maximum absolute atomic E-state index is 11.2. The van der Waals surface area contributed by atoms with Crippen LogP contribution in [0.3, 0.4) is 0 Å². The van der Waals surface area contributed by atoms with Gasteiger partial charge in [0.25, 0.3) is 0 Å². The first-order valence-electron chi connectivity index (χ1n) is 10.7. The first-order chi connectivity index (χ1) is 11.4. The summed E-state index contributed by atoms with van der Waals surface area (Å²) in [5.41, 5.74) is 1.14. The van der Waals surface area contributed by atoms with E-state index in [9.17, 15) is 10.2 Å². The maximum atomic E-state index is 11.2. The smallest absolute Gasteiger partial charge is 0.0607 e. The summed E-state index contributed by atoms with van der Waals surface area (Å²) < 4.78 is 0. The number of aliphatic hydroxyl groups is 2. The lowest BCUT2D eigenvalue weighted by Crippen LogP contribution is -2.56. The second kappa shape index (κ2) is 4.80. The van der Waals surface area contributed by atoms with Gasteiger partial charge in [-0.2, -0.15) is 0 Å². The highest BCUT2D eigenvalue weighted by Crippen LogP contribution is 2.81. The summed E-state index contributed by atoms with van der Waals surface area (Å²) in [5, 5.41) is 20.9. The van der Waals surface area contributed by atoms with Crippen LogP contribution in [0.5, 0.6) is 0 Å². The molecule has 0 aromatic heterocycles. The molecule has 2 N–H and O–H groups in total. The molecule has 0 amide bonds. The maximum Gasteiger partial charge on any atom is 0.0607 e. The molecule has 10 unspecified atom stereocenters. The molecule has 5 fully saturated rings. The molecular weight excluding hydrogens is 296 g/mol. The van der Waals surface area contributed by atoms with Gasteiger partial charge in [-0.05, 0) is 97.7 Å². The molecule has 2 nitrogen and oxygen atoms in total. The van der Waals surface area contributed by atoms with Crippen molar-refractivity contribution in [1.82, 2.24) is 0 Å². The van der Waals surface area contributed by atoms with Crippen molar-refractivity contribution in [1.29, 1.82) is 0 Å². The average molecular weight is 333 g/mol. The Morgan fingerprint density at radius 3 is 2.54 bits per heavy atom. The van der Waals surface area contributed by atoms with E-state index in [0.717, 1.165) is 30.1 Å². The van der Waals surface area contributed by atoms with Gasteiger partial charge in [0.05, 0.1) is 6.10 Å². The standard InChI is InChI=1S/C22H36O2/c1-13(12-23)16-4-5-17-15-10-19(24)22-11-14(22)6-9-21(22,3)18(15)7-8-20(16,17)2/h13-19,23-24H,4-12H2,1-3H3. The molecule has 5 saturated carbocycles. The highest BCUT2D eigenvalue weighted by molar-refractivity contribution is 5.25. The Hall–Kier alpha value is -0.0800. The molecule has 136 valence electrons. The largest absolute Gasteiger partial charge is 0.396 e. The van der Waals surface area contributed by atoms with Gasteiger partial charge in [-0.3, -0.25) is 0 Å². The Balaban J connectivity index is 1.48. The molecule has 0 radical (unpaired) electrons. The topological polar surface area (TPSA) is 40.5 Å². The van der Waals surface area contributed by atoms with Crippen molar-refractivity contribution in [3.05, 3.63) is 0 Å². The average Bonchev–Trinajstić information content (AvgIpc) is 3.09. The Bertz CT molecular complexity index is 546. The predicted octanol–water partition coefficient (Wildman–Crippen LogP) is 4.24. The molecule has 5 rings (SSSR count). The van der Waals surface area contributed by atoms with Crippen LogP contribution in [-0.2, 0) is 0 Å². The summed E-state index contributed by atoms with van der Waals surface area (Å²) in [6, 6.07) is 0. The summed E-state index contributed by atoms with van der Waals surface area (Å²) in [4.78, 5) is 0. The molecule has 0 saturated heterocycles. The minimum atomic E-state index is -0.0343. The zero-order valence-corrected chi connectivity index (χ0v) is 15.8. The first-order valence-corrected chi connectivity index (χ1v) is 10.7. The molecule has 10 atom stereocenters. The molecule has 0 aromatic carbocycles. The molecule has 5 aliphatic carbocycles. The second-order valence-corrected chi connectivity index (χ2v) is 10.9. The van der Waals surface area contributed by atoms with Gasteiger partial charge in [0.15, 0.2) is 0 Å². The summed E-state index contributed by atoms with van der Waals surface area (Å²) in [7, 11) is 0. The van der Waals surface area contributed by atoms with Gasteiger partial charge in [0.2, 0.25) is 0 Å². The number of rotatable bonds is 2. The second-order valence-electron chi connectivity index (χ2n) is 10.9. The fraction of sp³-hybridized carbons (Fsp3) is 1.00. The minimum absolute atomic E-state index is 0.0343. The van der Waals surface area contributed by atoms with E-state index in [4.69, 9.17) is 0 Å². The number of hydrogen-bond donors (Lipinski definition) is 2. The van der Waals surface area contributed by atoms with E-state index < -0.39 is 0 Å². The van der Waals surface area contributed by atoms with Gasteiger partial charge in [-0.25, -0.2) is 0 Å². The van der Waals surface area contributed by atoms with Crippen LogP contribution in [0, 0.1) is 51.8 Å². The molecule has 1 spiro atoms. The van der Waals surface area contributed by atoms with E-state index >= 15 is 0 Å². The van der Waals surface area contributed by atoms with Gasteiger partial charge in [-0.1, -0.05) is 20.8 Å². The van der Waals surface area contributed by atoms with E-state index in [2.05, 4.69) is 20.8 Å². The van der Waals surface area contributed by atoms with E-state index in [1.165, 1.54) is 44.9 Å². The first kappa shape index (κ1) is 16.1. The Labute approximate surface area is 147 Å². The third-order valence-electron chi connectivity index (χ3n) is 10.6. The highest BCUT2D eigenvalue weighted by atomic mass is 16.3. The molecular formula is C22H36O2. The van der Waals surface area contributed by atoms with Crippen LogP contribution in [-0.4, -0.2) is 22.9 Å². The molecule has 0 bridgehead atoms. The van der Waals surface area contributed by atoms with Gasteiger partial charge in [0.1, 0.15) is 0 Å². The molecule has 24 heavy (non-hydrogen) atoms. The number of hydrogen-bond acceptors (Lipinski definition) is 2. The minimum Gasteiger partial charge on any atom is -0.396 e. The Morgan fingerprint density at radius 2 is 1.83 bits per heavy atom. The van der Waals surface area contributed by atoms with Crippen LogP contribution in [0.2, 0.25) is 0 Å². The van der Waals surface area contributed by atoms with Gasteiger partial charge < -0.3 is 10.2 Å². The lowest BCUT2D eigenvalue weighted by molar-refractivity contribution is -0.152. The van der Waals surface area contributed by atoms with E-state index in [-0.39, 0.29) is 6.10 Å². The highest BCUT2D eigenvalue weighted by Gasteiger charge is 2.77. The van der Waals surface area contributed by atoms with Crippen molar-refractivity contribution in [2.75, 3.05) is 6.61 Å². The number of fused-ring (bicyclic) bond motifs is 4. The zero-order chi connectivity index (χ0) is 16.9. The third kappa shape index (κ3) is 1.62. The fourth-order valence-electron chi connectivity index (χ4n) is 9.41. The van der Waals surface area contributed by atoms with Gasteiger partial charge in [0, 0.05) is 12.0 Å². The third-order valence-corrected chi connectivity index (χ3v) is 10.6. The van der Waals surface area contributed by atoms with Crippen LogP contribution < -0.4 is 0 Å². The zero-order valence-electron chi connectivity index (χ0n) is 15.8. The lowest BCUT2D eigenvalue weighted by atomic mass is 9.45. The van der Waals surface area contributed by atoms with Crippen molar-refractivity contribution in [3.8, 4) is 0 Å². The van der Waals surface area contributed by atoms with Gasteiger partial charge in [-0.15, -0.1) is 0 Å². The van der Waals surface area contributed by atoms with Crippen LogP contribution in [0.4, 0.5) is 0 Å². The molecule has 0 heterocycles. The molecule has 0 aliphatic heterocycles.